The van der Waals surface area contributed by atoms with Crippen molar-refractivity contribution in [2.75, 3.05) is 29.1 Å². The Hall–Kier alpha value is -3.21. The van der Waals surface area contributed by atoms with Crippen LogP contribution in [0.1, 0.15) is 30.4 Å². The van der Waals surface area contributed by atoms with E-state index in [1.807, 2.05) is 12.1 Å². The number of benzene rings is 2. The molecule has 5 rings (SSSR count). The summed E-state index contributed by atoms with van der Waals surface area (Å²) in [5.74, 6) is -0.198. The number of nitrogens with one attached hydrogen (secondary N) is 2. The van der Waals surface area contributed by atoms with E-state index in [1.165, 1.54) is 59.9 Å². The maximum absolute atomic E-state index is 13.5. The minimum Gasteiger partial charge on any atom is -0.333 e. The number of aromatic nitrogens is 2. The van der Waals surface area contributed by atoms with Gasteiger partial charge in [0.2, 0.25) is 5.91 Å². The van der Waals surface area contributed by atoms with E-state index < -0.39 is 11.8 Å². The van der Waals surface area contributed by atoms with Crippen LogP contribution in [0, 0.1) is 5.82 Å². The van der Waals surface area contributed by atoms with Crippen LogP contribution in [0.4, 0.5) is 26.4 Å². The molecular formula is C26H26ClFN6O2S. The number of urea groups is 1. The van der Waals surface area contributed by atoms with E-state index in [2.05, 4.69) is 37.6 Å². The lowest BCUT2D eigenvalue weighted by molar-refractivity contribution is -0.113. The largest absolute Gasteiger partial charge is 0.333 e. The standard InChI is InChI=1S/C26H26ClFN6O2S/c27-21-12-18(28)6-9-22(21)34-24-20(13-29-26(34)36)25(31-16-30-24)37-15-23(35)32-19-7-4-17(5-8-19)14-33-10-2-1-3-11-33/h4-9,12,16H,1-3,10-11,13-15H2,(H,29,36)(H,32,35). The lowest BCUT2D eigenvalue weighted by Gasteiger charge is -2.30. The highest BCUT2D eigenvalue weighted by Crippen LogP contribution is 2.37. The zero-order chi connectivity index (χ0) is 25.8. The number of carbonyl (C=O) groups excluding carboxylic acids is 2. The van der Waals surface area contributed by atoms with Gasteiger partial charge in [-0.2, -0.15) is 0 Å². The highest BCUT2D eigenvalue weighted by Gasteiger charge is 2.30. The number of thioether (sulfide) groups is 1. The molecule has 0 bridgehead atoms. The topological polar surface area (TPSA) is 90.5 Å². The van der Waals surface area contributed by atoms with Gasteiger partial charge in [-0.15, -0.1) is 0 Å². The molecule has 0 radical (unpaired) electrons. The number of hydrogen-bond donors (Lipinski definition) is 2. The lowest BCUT2D eigenvalue weighted by atomic mass is 10.1. The Bertz CT molecular complexity index is 1300. The number of likely N-dealkylation sites (tertiary alicyclic amines) is 1. The maximum Gasteiger partial charge on any atom is 0.328 e. The fourth-order valence-corrected chi connectivity index (χ4v) is 5.54. The smallest absolute Gasteiger partial charge is 0.328 e. The summed E-state index contributed by atoms with van der Waals surface area (Å²) in [6.45, 7) is 3.41. The number of nitrogens with zero attached hydrogens (tertiary/aromatic N) is 4. The molecule has 11 heteroatoms. The Balaban J connectivity index is 1.23. The zero-order valence-electron chi connectivity index (χ0n) is 20.0. The molecule has 1 saturated heterocycles. The number of amides is 3. The molecule has 0 unspecified atom stereocenters. The van der Waals surface area contributed by atoms with Gasteiger partial charge in [-0.25, -0.2) is 24.1 Å². The minimum absolute atomic E-state index is 0.0807. The van der Waals surface area contributed by atoms with Crippen LogP contribution >= 0.6 is 23.4 Å². The maximum atomic E-state index is 13.5. The monoisotopic (exact) mass is 540 g/mol. The van der Waals surface area contributed by atoms with Crippen molar-refractivity contribution in [1.82, 2.24) is 20.2 Å². The first-order chi connectivity index (χ1) is 18.0. The fourth-order valence-electron chi connectivity index (χ4n) is 4.48. The van der Waals surface area contributed by atoms with E-state index in [1.54, 1.807) is 0 Å². The predicted octanol–water partition coefficient (Wildman–Crippen LogP) is 5.35. The second kappa shape index (κ2) is 11.5. The van der Waals surface area contributed by atoms with Crippen molar-refractivity contribution in [3.05, 3.63) is 70.8 Å². The van der Waals surface area contributed by atoms with Gasteiger partial charge in [-0.1, -0.05) is 41.9 Å². The molecule has 192 valence electrons. The molecule has 0 aliphatic carbocycles. The summed E-state index contributed by atoms with van der Waals surface area (Å²) in [5.41, 5.74) is 2.93. The molecule has 3 aromatic rings. The van der Waals surface area contributed by atoms with Crippen LogP contribution in [0.15, 0.2) is 53.8 Å². The Kier molecular flexibility index (Phi) is 7.87. The molecule has 0 saturated carbocycles. The number of hydrogen-bond acceptors (Lipinski definition) is 6. The summed E-state index contributed by atoms with van der Waals surface area (Å²) in [6.07, 6.45) is 5.16. The normalized spacial score (nSPS) is 15.7. The van der Waals surface area contributed by atoms with Crippen LogP contribution in [0.3, 0.4) is 0 Å². The average molecular weight is 541 g/mol. The summed E-state index contributed by atoms with van der Waals surface area (Å²) in [6, 6.07) is 11.3. The first kappa shape index (κ1) is 25.4. The van der Waals surface area contributed by atoms with E-state index >= 15 is 0 Å². The summed E-state index contributed by atoms with van der Waals surface area (Å²) in [4.78, 5) is 37.6. The average Bonchev–Trinajstić information content (AvgIpc) is 2.90. The molecule has 2 aliphatic heterocycles. The predicted molar refractivity (Wildman–Crippen MR) is 143 cm³/mol. The summed E-state index contributed by atoms with van der Waals surface area (Å²) in [7, 11) is 0. The van der Waals surface area contributed by atoms with Gasteiger partial charge < -0.3 is 10.6 Å². The van der Waals surface area contributed by atoms with Gasteiger partial charge >= 0.3 is 6.03 Å². The number of piperidine rings is 1. The third kappa shape index (κ3) is 6.03. The van der Waals surface area contributed by atoms with Crippen molar-refractivity contribution in [2.45, 2.75) is 37.4 Å². The molecule has 2 N–H and O–H groups in total. The van der Waals surface area contributed by atoms with E-state index in [4.69, 9.17) is 11.6 Å². The molecule has 2 aliphatic rings. The molecule has 37 heavy (non-hydrogen) atoms. The van der Waals surface area contributed by atoms with E-state index in [0.717, 1.165) is 31.4 Å². The van der Waals surface area contributed by atoms with Crippen molar-refractivity contribution in [3.63, 3.8) is 0 Å². The van der Waals surface area contributed by atoms with Gasteiger partial charge in [0.05, 0.1) is 23.0 Å². The quantitative estimate of drug-likeness (QED) is 0.310. The molecular weight excluding hydrogens is 515 g/mol. The number of fused-ring (bicyclic) bond motifs is 1. The zero-order valence-corrected chi connectivity index (χ0v) is 21.6. The SMILES string of the molecule is O=C(CSc1ncnc2c1CNC(=O)N2c1ccc(F)cc1Cl)Nc1ccc(CN2CCCCC2)cc1. The van der Waals surface area contributed by atoms with Crippen molar-refractivity contribution in [1.29, 1.82) is 0 Å². The molecule has 1 aromatic heterocycles. The van der Waals surface area contributed by atoms with Crippen molar-refractivity contribution in [2.24, 2.45) is 0 Å². The molecule has 1 fully saturated rings. The van der Waals surface area contributed by atoms with E-state index in [9.17, 15) is 14.0 Å². The lowest BCUT2D eigenvalue weighted by Crippen LogP contribution is -2.42. The third-order valence-electron chi connectivity index (χ3n) is 6.30. The van der Waals surface area contributed by atoms with Crippen molar-refractivity contribution in [3.8, 4) is 0 Å². The first-order valence-electron chi connectivity index (χ1n) is 12.1. The second-order valence-corrected chi connectivity index (χ2v) is 10.3. The van der Waals surface area contributed by atoms with Crippen LogP contribution in [0.2, 0.25) is 5.02 Å². The Morgan fingerprint density at radius 1 is 1.11 bits per heavy atom. The highest BCUT2D eigenvalue weighted by atomic mass is 35.5. The Morgan fingerprint density at radius 2 is 1.89 bits per heavy atom. The van der Waals surface area contributed by atoms with Gasteiger partial charge in [0, 0.05) is 17.8 Å². The van der Waals surface area contributed by atoms with Gasteiger partial charge in [0.25, 0.3) is 0 Å². The number of carbonyl (C=O) groups is 2. The first-order valence-corrected chi connectivity index (χ1v) is 13.4. The molecule has 0 spiro atoms. The molecule has 2 aromatic carbocycles. The van der Waals surface area contributed by atoms with E-state index in [-0.39, 0.29) is 23.2 Å². The van der Waals surface area contributed by atoms with E-state index in [0.29, 0.717) is 22.1 Å². The number of halogens is 2. The third-order valence-corrected chi connectivity index (χ3v) is 7.63. The molecule has 0 atom stereocenters. The van der Waals surface area contributed by atoms with Crippen LogP contribution < -0.4 is 15.5 Å². The van der Waals surface area contributed by atoms with Gasteiger partial charge in [0.15, 0.2) is 5.82 Å². The second-order valence-electron chi connectivity index (χ2n) is 8.94. The fraction of sp³-hybridized carbons (Fsp3) is 0.308. The van der Waals surface area contributed by atoms with Crippen molar-refractivity contribution >= 4 is 52.5 Å². The molecule has 3 heterocycles. The molecule has 3 amide bonds. The number of anilines is 3. The van der Waals surface area contributed by atoms with Crippen LogP contribution in [0.5, 0.6) is 0 Å². The van der Waals surface area contributed by atoms with Gasteiger partial charge in [0.1, 0.15) is 17.2 Å². The summed E-state index contributed by atoms with van der Waals surface area (Å²) in [5, 5.41) is 6.35. The Morgan fingerprint density at radius 3 is 2.65 bits per heavy atom. The van der Waals surface area contributed by atoms with Crippen molar-refractivity contribution < 1.29 is 14.0 Å². The summed E-state index contributed by atoms with van der Waals surface area (Å²) >= 11 is 7.46. The van der Waals surface area contributed by atoms with Crippen LogP contribution in [-0.4, -0.2) is 45.6 Å². The minimum atomic E-state index is -0.507. The van der Waals surface area contributed by atoms with Crippen LogP contribution in [-0.2, 0) is 17.9 Å². The highest BCUT2D eigenvalue weighted by molar-refractivity contribution is 8.00. The number of rotatable bonds is 7. The van der Waals surface area contributed by atoms with Crippen LogP contribution in [0.25, 0.3) is 0 Å². The summed E-state index contributed by atoms with van der Waals surface area (Å²) < 4.78 is 13.5. The molecule has 8 nitrogen and oxygen atoms in total. The van der Waals surface area contributed by atoms with Gasteiger partial charge in [-0.05, 0) is 61.8 Å². The Labute approximate surface area is 223 Å². The van der Waals surface area contributed by atoms with Gasteiger partial charge in [-0.3, -0.25) is 9.69 Å².